The van der Waals surface area contributed by atoms with Crippen LogP contribution in [-0.2, 0) is 4.79 Å². The molecule has 1 atom stereocenters. The molecule has 1 amide bonds. The molecular formula is C23H25F2N5O2S. The SMILES string of the molecule is COc1ccccc1-n1c(SC(C)C(=O)Nc2ccc(F)c(F)c2)nnc1N1CCCCC1. The Kier molecular flexibility index (Phi) is 7.12. The monoisotopic (exact) mass is 473 g/mol. The van der Waals surface area contributed by atoms with Gasteiger partial charge in [-0.2, -0.15) is 0 Å². The number of piperidine rings is 1. The van der Waals surface area contributed by atoms with E-state index < -0.39 is 16.9 Å². The second kappa shape index (κ2) is 10.2. The largest absolute Gasteiger partial charge is 0.495 e. The van der Waals surface area contributed by atoms with E-state index in [0.29, 0.717) is 16.9 Å². The highest BCUT2D eigenvalue weighted by molar-refractivity contribution is 8.00. The van der Waals surface area contributed by atoms with Gasteiger partial charge in [-0.05, 0) is 50.5 Å². The van der Waals surface area contributed by atoms with Crippen molar-refractivity contribution >= 4 is 29.3 Å². The first-order chi connectivity index (χ1) is 16.0. The molecule has 33 heavy (non-hydrogen) atoms. The van der Waals surface area contributed by atoms with Crippen molar-refractivity contribution in [1.29, 1.82) is 0 Å². The number of halogens is 2. The summed E-state index contributed by atoms with van der Waals surface area (Å²) in [5.41, 5.74) is 0.966. The summed E-state index contributed by atoms with van der Waals surface area (Å²) in [6, 6.07) is 10.8. The lowest BCUT2D eigenvalue weighted by Crippen LogP contribution is -2.32. The van der Waals surface area contributed by atoms with Crippen molar-refractivity contribution in [3.63, 3.8) is 0 Å². The molecule has 1 aliphatic heterocycles. The average molecular weight is 474 g/mol. The van der Waals surface area contributed by atoms with Crippen LogP contribution in [0.1, 0.15) is 26.2 Å². The maximum Gasteiger partial charge on any atom is 0.237 e. The number of para-hydroxylation sites is 2. The molecule has 1 saturated heterocycles. The van der Waals surface area contributed by atoms with Crippen LogP contribution in [-0.4, -0.2) is 46.1 Å². The number of hydrogen-bond acceptors (Lipinski definition) is 6. The lowest BCUT2D eigenvalue weighted by molar-refractivity contribution is -0.115. The van der Waals surface area contributed by atoms with Crippen molar-refractivity contribution in [2.45, 2.75) is 36.6 Å². The molecule has 0 aliphatic carbocycles. The molecule has 0 saturated carbocycles. The summed E-state index contributed by atoms with van der Waals surface area (Å²) in [4.78, 5) is 14.9. The third-order valence-corrected chi connectivity index (χ3v) is 6.46. The minimum Gasteiger partial charge on any atom is -0.495 e. The Balaban J connectivity index is 1.62. The molecular weight excluding hydrogens is 448 g/mol. The zero-order valence-electron chi connectivity index (χ0n) is 18.4. The molecule has 2 aromatic carbocycles. The Morgan fingerprint density at radius 1 is 1.09 bits per heavy atom. The number of amides is 1. The van der Waals surface area contributed by atoms with Gasteiger partial charge in [-0.15, -0.1) is 10.2 Å². The Morgan fingerprint density at radius 2 is 1.85 bits per heavy atom. The summed E-state index contributed by atoms with van der Waals surface area (Å²) in [6.07, 6.45) is 3.34. The van der Waals surface area contributed by atoms with Crippen molar-refractivity contribution in [2.24, 2.45) is 0 Å². The average Bonchev–Trinajstić information content (AvgIpc) is 3.25. The zero-order chi connectivity index (χ0) is 23.4. The maximum atomic E-state index is 13.5. The minimum absolute atomic E-state index is 0.187. The molecule has 4 rings (SSSR count). The quantitative estimate of drug-likeness (QED) is 0.503. The van der Waals surface area contributed by atoms with Gasteiger partial charge in [0.25, 0.3) is 0 Å². The summed E-state index contributed by atoms with van der Waals surface area (Å²) >= 11 is 1.23. The molecule has 1 fully saturated rings. The van der Waals surface area contributed by atoms with Crippen LogP contribution in [0.2, 0.25) is 0 Å². The molecule has 0 spiro atoms. The fraction of sp³-hybridized carbons (Fsp3) is 0.348. The van der Waals surface area contributed by atoms with E-state index in [9.17, 15) is 13.6 Å². The van der Waals surface area contributed by atoms with E-state index in [1.54, 1.807) is 14.0 Å². The number of nitrogens with zero attached hydrogens (tertiary/aromatic N) is 4. The van der Waals surface area contributed by atoms with Crippen molar-refractivity contribution < 1.29 is 18.3 Å². The van der Waals surface area contributed by atoms with E-state index in [0.717, 1.165) is 43.8 Å². The molecule has 1 unspecified atom stereocenters. The van der Waals surface area contributed by atoms with Crippen LogP contribution in [0.25, 0.3) is 5.69 Å². The molecule has 7 nitrogen and oxygen atoms in total. The summed E-state index contributed by atoms with van der Waals surface area (Å²) < 4.78 is 34.2. The van der Waals surface area contributed by atoms with E-state index in [1.165, 1.54) is 24.2 Å². The number of rotatable bonds is 7. The van der Waals surface area contributed by atoms with Crippen LogP contribution in [0.5, 0.6) is 5.75 Å². The molecule has 3 aromatic rings. The first-order valence-electron chi connectivity index (χ1n) is 10.7. The fourth-order valence-electron chi connectivity index (χ4n) is 3.69. The second-order valence-electron chi connectivity index (χ2n) is 7.72. The number of ether oxygens (including phenoxy) is 1. The number of nitrogens with one attached hydrogen (secondary N) is 1. The Morgan fingerprint density at radius 3 is 2.58 bits per heavy atom. The van der Waals surface area contributed by atoms with Crippen molar-refractivity contribution in [2.75, 3.05) is 30.4 Å². The highest BCUT2D eigenvalue weighted by Crippen LogP contribution is 2.34. The highest BCUT2D eigenvalue weighted by atomic mass is 32.2. The van der Waals surface area contributed by atoms with E-state index in [1.807, 2.05) is 28.8 Å². The zero-order valence-corrected chi connectivity index (χ0v) is 19.2. The van der Waals surface area contributed by atoms with Gasteiger partial charge in [0.2, 0.25) is 11.9 Å². The molecule has 1 aliphatic rings. The number of carbonyl (C=O) groups excluding carboxylic acids is 1. The van der Waals surface area contributed by atoms with Crippen LogP contribution in [0.4, 0.5) is 20.4 Å². The molecule has 0 bridgehead atoms. The number of methoxy groups -OCH3 is 1. The normalized spacial score (nSPS) is 14.7. The number of hydrogen-bond donors (Lipinski definition) is 1. The molecule has 174 valence electrons. The first-order valence-corrected chi connectivity index (χ1v) is 11.6. The Hall–Kier alpha value is -3.14. The maximum absolute atomic E-state index is 13.5. The number of benzene rings is 2. The van der Waals surface area contributed by atoms with Gasteiger partial charge >= 0.3 is 0 Å². The predicted octanol–water partition coefficient (Wildman–Crippen LogP) is 4.66. The van der Waals surface area contributed by atoms with Gasteiger partial charge in [0, 0.05) is 24.8 Å². The number of thioether (sulfide) groups is 1. The van der Waals surface area contributed by atoms with Gasteiger partial charge < -0.3 is 15.0 Å². The lowest BCUT2D eigenvalue weighted by Gasteiger charge is -2.28. The standard InChI is InChI=1S/C23H25F2N5O2S/c1-15(21(31)26-16-10-11-17(24)18(25)14-16)33-23-28-27-22(29-12-6-3-7-13-29)30(23)19-8-4-5-9-20(19)32-2/h4-5,8-11,14-15H,3,6-7,12-13H2,1-2H3,(H,26,31). The number of anilines is 2. The molecule has 1 aromatic heterocycles. The third kappa shape index (κ3) is 5.11. The molecule has 1 N–H and O–H groups in total. The van der Waals surface area contributed by atoms with E-state index in [4.69, 9.17) is 4.74 Å². The predicted molar refractivity (Wildman–Crippen MR) is 124 cm³/mol. The van der Waals surface area contributed by atoms with Gasteiger partial charge in [0.1, 0.15) is 5.75 Å². The van der Waals surface area contributed by atoms with Gasteiger partial charge in [0.15, 0.2) is 16.8 Å². The summed E-state index contributed by atoms with van der Waals surface area (Å²) in [5.74, 6) is -0.980. The van der Waals surface area contributed by atoms with Crippen molar-refractivity contribution in [3.05, 3.63) is 54.1 Å². The smallest absolute Gasteiger partial charge is 0.237 e. The first kappa shape index (κ1) is 23.0. The topological polar surface area (TPSA) is 72.3 Å². The van der Waals surface area contributed by atoms with Crippen LogP contribution >= 0.6 is 11.8 Å². The van der Waals surface area contributed by atoms with Crippen molar-refractivity contribution in [1.82, 2.24) is 14.8 Å². The number of carbonyl (C=O) groups is 1. The highest BCUT2D eigenvalue weighted by Gasteiger charge is 2.26. The Bertz CT molecular complexity index is 1130. The number of aromatic nitrogens is 3. The van der Waals surface area contributed by atoms with Crippen molar-refractivity contribution in [3.8, 4) is 11.4 Å². The summed E-state index contributed by atoms with van der Waals surface area (Å²) in [5, 5.41) is 11.4. The van der Waals surface area contributed by atoms with E-state index >= 15 is 0 Å². The van der Waals surface area contributed by atoms with Crippen LogP contribution < -0.4 is 15.0 Å². The summed E-state index contributed by atoms with van der Waals surface area (Å²) in [6.45, 7) is 3.48. The third-order valence-electron chi connectivity index (χ3n) is 5.42. The van der Waals surface area contributed by atoms with Gasteiger partial charge in [-0.3, -0.25) is 9.36 Å². The minimum atomic E-state index is -1.02. The van der Waals surface area contributed by atoms with Crippen LogP contribution in [0, 0.1) is 11.6 Å². The van der Waals surface area contributed by atoms with Crippen LogP contribution in [0.15, 0.2) is 47.6 Å². The van der Waals surface area contributed by atoms with Gasteiger partial charge in [-0.25, -0.2) is 8.78 Å². The van der Waals surface area contributed by atoms with E-state index in [2.05, 4.69) is 20.4 Å². The summed E-state index contributed by atoms with van der Waals surface area (Å²) in [7, 11) is 1.61. The molecule has 10 heteroatoms. The van der Waals surface area contributed by atoms with Gasteiger partial charge in [0.05, 0.1) is 18.0 Å². The fourth-order valence-corrected chi connectivity index (χ4v) is 4.55. The molecule has 0 radical (unpaired) electrons. The second-order valence-corrected chi connectivity index (χ2v) is 9.02. The van der Waals surface area contributed by atoms with E-state index in [-0.39, 0.29) is 11.6 Å². The van der Waals surface area contributed by atoms with Gasteiger partial charge in [-0.1, -0.05) is 23.9 Å². The Labute approximate surface area is 195 Å². The molecule has 2 heterocycles. The van der Waals surface area contributed by atoms with Crippen LogP contribution in [0.3, 0.4) is 0 Å². The lowest BCUT2D eigenvalue weighted by atomic mass is 10.1.